The van der Waals surface area contributed by atoms with Gasteiger partial charge in [0.1, 0.15) is 5.82 Å². The molecule has 2 fully saturated rings. The molecule has 0 aromatic heterocycles. The first-order chi connectivity index (χ1) is 9.22. The van der Waals surface area contributed by atoms with Crippen molar-refractivity contribution >= 4 is 6.03 Å². The van der Waals surface area contributed by atoms with Crippen molar-refractivity contribution in [2.45, 2.75) is 24.9 Å². The fourth-order valence-electron chi connectivity index (χ4n) is 2.81. The molecule has 19 heavy (non-hydrogen) atoms. The predicted molar refractivity (Wildman–Crippen MR) is 70.3 cm³/mol. The number of carbonyl (C=O) groups excluding carboxylic acids is 1. The van der Waals surface area contributed by atoms with Gasteiger partial charge in [0.2, 0.25) is 0 Å². The average Bonchev–Trinajstić information content (AvgIpc) is 3.02. The Morgan fingerprint density at radius 1 is 1.32 bits per heavy atom. The quantitative estimate of drug-likeness (QED) is 0.871. The molecule has 3 rings (SSSR count). The van der Waals surface area contributed by atoms with Crippen LogP contribution in [0.2, 0.25) is 0 Å². The molecule has 0 bridgehead atoms. The zero-order valence-corrected chi connectivity index (χ0v) is 10.7. The molecule has 2 heterocycles. The smallest absolute Gasteiger partial charge is 0.318 e. The van der Waals surface area contributed by atoms with Crippen LogP contribution >= 0.6 is 0 Å². The summed E-state index contributed by atoms with van der Waals surface area (Å²) in [4.78, 5) is 13.8. The van der Waals surface area contributed by atoms with Crippen molar-refractivity contribution in [2.24, 2.45) is 0 Å². The van der Waals surface area contributed by atoms with Crippen LogP contribution in [0.25, 0.3) is 0 Å². The van der Waals surface area contributed by atoms with E-state index in [0.717, 1.165) is 25.1 Å². The van der Waals surface area contributed by atoms with Crippen LogP contribution in [0.5, 0.6) is 0 Å². The molecule has 0 aliphatic carbocycles. The van der Waals surface area contributed by atoms with Crippen LogP contribution in [0.1, 0.15) is 24.4 Å². The molecule has 1 aromatic carbocycles. The van der Waals surface area contributed by atoms with E-state index in [0.29, 0.717) is 12.6 Å². The van der Waals surface area contributed by atoms with Gasteiger partial charge >= 0.3 is 6.03 Å². The van der Waals surface area contributed by atoms with Crippen molar-refractivity contribution in [3.8, 4) is 0 Å². The number of hydrogen-bond acceptors (Lipinski definition) is 2. The highest BCUT2D eigenvalue weighted by Gasteiger charge is 2.31. The first-order valence-corrected chi connectivity index (χ1v) is 6.76. The van der Waals surface area contributed by atoms with E-state index >= 15 is 0 Å². The molecule has 2 N–H and O–H groups in total. The second-order valence-corrected chi connectivity index (χ2v) is 5.25. The molecule has 0 spiro atoms. The van der Waals surface area contributed by atoms with E-state index < -0.39 is 0 Å². The van der Waals surface area contributed by atoms with Crippen molar-refractivity contribution in [2.75, 3.05) is 19.6 Å². The van der Waals surface area contributed by atoms with E-state index in [-0.39, 0.29) is 17.9 Å². The molecule has 0 radical (unpaired) electrons. The van der Waals surface area contributed by atoms with Gasteiger partial charge in [-0.1, -0.05) is 12.1 Å². The molecule has 4 nitrogen and oxygen atoms in total. The van der Waals surface area contributed by atoms with Gasteiger partial charge < -0.3 is 15.5 Å². The molecule has 2 amide bonds. The lowest BCUT2D eigenvalue weighted by Gasteiger charge is -2.19. The second-order valence-electron chi connectivity index (χ2n) is 5.25. The van der Waals surface area contributed by atoms with Crippen LogP contribution in [0.15, 0.2) is 24.3 Å². The number of urea groups is 1. The Morgan fingerprint density at radius 3 is 2.79 bits per heavy atom. The number of nitrogens with zero attached hydrogens (tertiary/aromatic N) is 1. The molecular weight excluding hydrogens is 245 g/mol. The third kappa shape index (κ3) is 2.71. The summed E-state index contributed by atoms with van der Waals surface area (Å²) in [5.41, 5.74) is 0.955. The maximum absolute atomic E-state index is 12.9. The Bertz CT molecular complexity index is 456. The van der Waals surface area contributed by atoms with E-state index in [9.17, 15) is 9.18 Å². The van der Waals surface area contributed by atoms with E-state index in [1.165, 1.54) is 18.6 Å². The summed E-state index contributed by atoms with van der Waals surface area (Å²) in [6.07, 6.45) is 2.31. The molecule has 5 heteroatoms. The molecule has 2 atom stereocenters. The van der Waals surface area contributed by atoms with Crippen LogP contribution in [-0.2, 0) is 0 Å². The van der Waals surface area contributed by atoms with Crippen LogP contribution in [0.3, 0.4) is 0 Å². The summed E-state index contributed by atoms with van der Waals surface area (Å²) in [7, 11) is 0. The molecule has 2 unspecified atom stereocenters. The first-order valence-electron chi connectivity index (χ1n) is 6.76. The van der Waals surface area contributed by atoms with Crippen LogP contribution in [0, 0.1) is 5.82 Å². The topological polar surface area (TPSA) is 44.4 Å². The zero-order chi connectivity index (χ0) is 13.2. The minimum Gasteiger partial charge on any atom is -0.329 e. The van der Waals surface area contributed by atoms with Gasteiger partial charge in [0.05, 0.1) is 6.04 Å². The number of rotatable bonds is 3. The summed E-state index contributed by atoms with van der Waals surface area (Å²) in [6.45, 7) is 2.45. The number of halogens is 1. The van der Waals surface area contributed by atoms with Crippen molar-refractivity contribution < 1.29 is 9.18 Å². The van der Waals surface area contributed by atoms with Gasteiger partial charge in [0.25, 0.3) is 0 Å². The number of nitrogens with one attached hydrogen (secondary N) is 2. The predicted octanol–water partition coefficient (Wildman–Crippen LogP) is 1.64. The Labute approximate surface area is 112 Å². The third-order valence-corrected chi connectivity index (χ3v) is 3.86. The van der Waals surface area contributed by atoms with Gasteiger partial charge in [0, 0.05) is 19.1 Å². The average molecular weight is 263 g/mol. The Balaban J connectivity index is 1.63. The standard InChI is InChI=1S/C14H18FN3O/c15-11-5-3-10(4-6-11)13-9-18(14(19)17-13)8-12-2-1-7-16-12/h3-6,12-13,16H,1-2,7-9H2,(H,17,19). The van der Waals surface area contributed by atoms with Gasteiger partial charge in [-0.15, -0.1) is 0 Å². The van der Waals surface area contributed by atoms with Crippen molar-refractivity contribution in [3.05, 3.63) is 35.6 Å². The highest BCUT2D eigenvalue weighted by molar-refractivity contribution is 5.77. The van der Waals surface area contributed by atoms with Crippen molar-refractivity contribution in [3.63, 3.8) is 0 Å². The zero-order valence-electron chi connectivity index (χ0n) is 10.7. The van der Waals surface area contributed by atoms with Gasteiger partial charge in [0.15, 0.2) is 0 Å². The van der Waals surface area contributed by atoms with Gasteiger partial charge in [-0.2, -0.15) is 0 Å². The van der Waals surface area contributed by atoms with E-state index in [2.05, 4.69) is 10.6 Å². The summed E-state index contributed by atoms with van der Waals surface area (Å²) in [6, 6.07) is 6.69. The summed E-state index contributed by atoms with van der Waals surface area (Å²) in [5.74, 6) is -0.250. The summed E-state index contributed by atoms with van der Waals surface area (Å²) >= 11 is 0. The van der Waals surface area contributed by atoms with Crippen molar-refractivity contribution in [1.82, 2.24) is 15.5 Å². The second kappa shape index (κ2) is 5.17. The highest BCUT2D eigenvalue weighted by atomic mass is 19.1. The van der Waals surface area contributed by atoms with Gasteiger partial charge in [-0.05, 0) is 37.1 Å². The molecule has 2 aliphatic heterocycles. The lowest BCUT2D eigenvalue weighted by molar-refractivity contribution is 0.213. The van der Waals surface area contributed by atoms with Crippen LogP contribution in [-0.4, -0.2) is 36.6 Å². The Hall–Kier alpha value is -1.62. The van der Waals surface area contributed by atoms with Gasteiger partial charge in [-0.25, -0.2) is 9.18 Å². The van der Waals surface area contributed by atoms with E-state index in [1.807, 2.05) is 4.90 Å². The fraction of sp³-hybridized carbons (Fsp3) is 0.500. The molecule has 102 valence electrons. The molecule has 2 saturated heterocycles. The molecule has 1 aromatic rings. The lowest BCUT2D eigenvalue weighted by Crippen LogP contribution is -2.39. The van der Waals surface area contributed by atoms with Crippen LogP contribution in [0.4, 0.5) is 9.18 Å². The normalized spacial score (nSPS) is 26.8. The molecule has 2 aliphatic rings. The van der Waals surface area contributed by atoms with E-state index in [1.54, 1.807) is 12.1 Å². The Morgan fingerprint density at radius 2 is 2.11 bits per heavy atom. The minimum atomic E-state index is -0.250. The maximum Gasteiger partial charge on any atom is 0.318 e. The lowest BCUT2D eigenvalue weighted by atomic mass is 10.1. The summed E-state index contributed by atoms with van der Waals surface area (Å²) < 4.78 is 12.9. The third-order valence-electron chi connectivity index (χ3n) is 3.86. The van der Waals surface area contributed by atoms with Crippen molar-refractivity contribution in [1.29, 1.82) is 0 Å². The first kappa shape index (κ1) is 12.4. The highest BCUT2D eigenvalue weighted by Crippen LogP contribution is 2.21. The number of amides is 2. The number of carbonyl (C=O) groups is 1. The SMILES string of the molecule is O=C1NC(c2ccc(F)cc2)CN1CC1CCCN1. The van der Waals surface area contributed by atoms with Gasteiger partial charge in [-0.3, -0.25) is 0 Å². The molecular formula is C14H18FN3O. The summed E-state index contributed by atoms with van der Waals surface area (Å²) in [5, 5.41) is 6.35. The molecule has 0 saturated carbocycles. The monoisotopic (exact) mass is 263 g/mol. The maximum atomic E-state index is 12.9. The number of benzene rings is 1. The fourth-order valence-corrected chi connectivity index (χ4v) is 2.81. The Kier molecular flexibility index (Phi) is 3.38. The van der Waals surface area contributed by atoms with Crippen LogP contribution < -0.4 is 10.6 Å². The number of hydrogen-bond donors (Lipinski definition) is 2. The van der Waals surface area contributed by atoms with E-state index in [4.69, 9.17) is 0 Å². The minimum absolute atomic E-state index is 0.0250. The largest absolute Gasteiger partial charge is 0.329 e.